The Bertz CT molecular complexity index is 1170. The summed E-state index contributed by atoms with van der Waals surface area (Å²) in [6.45, 7) is 4.08. The topological polar surface area (TPSA) is 25.5 Å². The molecule has 4 nitrogen and oxygen atoms in total. The van der Waals surface area contributed by atoms with Gasteiger partial charge in [0.05, 0.1) is 22.3 Å². The van der Waals surface area contributed by atoms with Gasteiger partial charge in [-0.3, -0.25) is 4.40 Å². The van der Waals surface area contributed by atoms with Gasteiger partial charge in [-0.2, -0.15) is 13.2 Å². The monoisotopic (exact) mass is 448 g/mol. The number of likely N-dealkylation sites (tertiary alicyclic amines) is 1. The fraction of sp³-hybridized carbons (Fsp3) is 0.348. The van der Waals surface area contributed by atoms with Gasteiger partial charge in [-0.25, -0.2) is 4.98 Å². The number of fused-ring (bicyclic) bond motifs is 3. The molecule has 0 aliphatic carbocycles. The van der Waals surface area contributed by atoms with Crippen LogP contribution < -0.4 is 0 Å². The van der Waals surface area contributed by atoms with Gasteiger partial charge in [0, 0.05) is 24.8 Å². The Hall–Kier alpha value is -2.51. The second-order valence-electron chi connectivity index (χ2n) is 7.91. The summed E-state index contributed by atoms with van der Waals surface area (Å²) in [6, 6.07) is 13.4. The number of hydrogen-bond acceptors (Lipinski definition) is 2. The highest BCUT2D eigenvalue weighted by molar-refractivity contribution is 5.85. The maximum Gasteiger partial charge on any atom is 0.416 e. The minimum atomic E-state index is -4.33. The molecule has 5 rings (SSSR count). The zero-order chi connectivity index (χ0) is 20.7. The van der Waals surface area contributed by atoms with Gasteiger partial charge in [-0.1, -0.05) is 30.7 Å². The molecule has 0 N–H and O–H groups in total. The molecule has 2 aromatic heterocycles. The molecule has 8 heteroatoms. The zero-order valence-corrected chi connectivity index (χ0v) is 17.8. The number of piperidine rings is 1. The number of rotatable bonds is 4. The summed E-state index contributed by atoms with van der Waals surface area (Å²) in [4.78, 5) is 7.30. The summed E-state index contributed by atoms with van der Waals surface area (Å²) in [7, 11) is 0. The summed E-state index contributed by atoms with van der Waals surface area (Å²) in [5, 5.41) is 0. The second-order valence-corrected chi connectivity index (χ2v) is 7.91. The lowest BCUT2D eigenvalue weighted by Crippen LogP contribution is -2.32. The largest absolute Gasteiger partial charge is 0.416 e. The van der Waals surface area contributed by atoms with Crippen LogP contribution >= 0.6 is 12.4 Å². The highest BCUT2D eigenvalue weighted by Crippen LogP contribution is 2.31. The van der Waals surface area contributed by atoms with E-state index in [0.717, 1.165) is 55.1 Å². The molecular formula is C23H24ClF3N4. The van der Waals surface area contributed by atoms with Gasteiger partial charge in [0.2, 0.25) is 5.78 Å². The lowest BCUT2D eigenvalue weighted by molar-refractivity contribution is -0.137. The number of hydrogen-bond donors (Lipinski definition) is 0. The van der Waals surface area contributed by atoms with Crippen molar-refractivity contribution in [1.29, 1.82) is 0 Å². The Morgan fingerprint density at radius 2 is 1.52 bits per heavy atom. The van der Waals surface area contributed by atoms with E-state index in [-0.39, 0.29) is 12.4 Å². The van der Waals surface area contributed by atoms with Gasteiger partial charge < -0.3 is 9.47 Å². The fourth-order valence-corrected chi connectivity index (χ4v) is 4.36. The van der Waals surface area contributed by atoms with Gasteiger partial charge in [0.25, 0.3) is 0 Å². The van der Waals surface area contributed by atoms with Crippen molar-refractivity contribution in [3.05, 3.63) is 60.3 Å². The minimum Gasteiger partial charge on any atom is -0.308 e. The molecule has 1 aliphatic heterocycles. The minimum absolute atomic E-state index is 0. The normalized spacial score (nSPS) is 15.5. The number of imidazole rings is 2. The molecule has 1 aliphatic rings. The quantitative estimate of drug-likeness (QED) is 0.389. The van der Waals surface area contributed by atoms with Crippen LogP contribution in [0.15, 0.2) is 54.7 Å². The molecule has 31 heavy (non-hydrogen) atoms. The van der Waals surface area contributed by atoms with Crippen LogP contribution in [0.2, 0.25) is 0 Å². The van der Waals surface area contributed by atoms with E-state index in [2.05, 4.69) is 21.6 Å². The molecule has 0 bridgehead atoms. The van der Waals surface area contributed by atoms with Crippen LogP contribution in [0.3, 0.4) is 0 Å². The van der Waals surface area contributed by atoms with E-state index >= 15 is 0 Å². The first kappa shape index (κ1) is 21.7. The van der Waals surface area contributed by atoms with Crippen molar-refractivity contribution >= 4 is 29.2 Å². The molecule has 0 radical (unpaired) electrons. The molecule has 0 unspecified atom stereocenters. The molecule has 0 spiro atoms. The summed E-state index contributed by atoms with van der Waals surface area (Å²) in [5.74, 6) is 0.822. The number of aromatic nitrogens is 3. The van der Waals surface area contributed by atoms with E-state index in [1.54, 1.807) is 0 Å². The van der Waals surface area contributed by atoms with Crippen LogP contribution in [0.4, 0.5) is 13.2 Å². The smallest absolute Gasteiger partial charge is 0.308 e. The molecule has 1 saturated heterocycles. The van der Waals surface area contributed by atoms with Crippen molar-refractivity contribution in [1.82, 2.24) is 18.9 Å². The van der Waals surface area contributed by atoms with E-state index in [1.165, 1.54) is 31.4 Å². The van der Waals surface area contributed by atoms with Gasteiger partial charge in [-0.15, -0.1) is 12.4 Å². The third-order valence-electron chi connectivity index (χ3n) is 5.96. The number of benzene rings is 2. The lowest BCUT2D eigenvalue weighted by atomic mass is 10.1. The van der Waals surface area contributed by atoms with E-state index < -0.39 is 11.7 Å². The third-order valence-corrected chi connectivity index (χ3v) is 5.96. The van der Waals surface area contributed by atoms with E-state index in [1.807, 2.05) is 22.7 Å². The second kappa shape index (κ2) is 8.55. The Balaban J connectivity index is 0.00000231. The van der Waals surface area contributed by atoms with Gasteiger partial charge in [0.1, 0.15) is 0 Å². The molecule has 1 fully saturated rings. The van der Waals surface area contributed by atoms with E-state index in [0.29, 0.717) is 11.3 Å². The van der Waals surface area contributed by atoms with Gasteiger partial charge >= 0.3 is 6.18 Å². The molecule has 2 aromatic carbocycles. The summed E-state index contributed by atoms with van der Waals surface area (Å²) >= 11 is 0. The highest BCUT2D eigenvalue weighted by atomic mass is 35.5. The van der Waals surface area contributed by atoms with Crippen LogP contribution in [-0.2, 0) is 12.7 Å². The molecular weight excluding hydrogens is 425 g/mol. The van der Waals surface area contributed by atoms with Crippen molar-refractivity contribution in [2.45, 2.75) is 32.0 Å². The number of para-hydroxylation sites is 2. The Morgan fingerprint density at radius 3 is 2.19 bits per heavy atom. The Morgan fingerprint density at radius 1 is 0.839 bits per heavy atom. The maximum atomic E-state index is 12.9. The number of alkyl halides is 3. The Kier molecular flexibility index (Phi) is 5.99. The van der Waals surface area contributed by atoms with Gasteiger partial charge in [0.15, 0.2) is 0 Å². The SMILES string of the molecule is Cl.FC(F)(F)c1ccc(-c2cn3c4ccccc4n(CCN4CCCCC4)c3n2)cc1. The van der Waals surface area contributed by atoms with Crippen LogP contribution in [-0.4, -0.2) is 38.5 Å². The maximum absolute atomic E-state index is 12.9. The van der Waals surface area contributed by atoms with Crippen molar-refractivity contribution in [3.63, 3.8) is 0 Å². The first-order valence-corrected chi connectivity index (χ1v) is 10.4. The molecule has 3 heterocycles. The lowest BCUT2D eigenvalue weighted by Gasteiger charge is -2.26. The summed E-state index contributed by atoms with van der Waals surface area (Å²) < 4.78 is 42.9. The summed E-state index contributed by atoms with van der Waals surface area (Å²) in [5.41, 5.74) is 2.88. The first-order chi connectivity index (χ1) is 14.5. The molecule has 164 valence electrons. The van der Waals surface area contributed by atoms with Crippen molar-refractivity contribution in [3.8, 4) is 11.3 Å². The zero-order valence-electron chi connectivity index (χ0n) is 17.0. The van der Waals surface area contributed by atoms with Gasteiger partial charge in [-0.05, 0) is 50.2 Å². The predicted molar refractivity (Wildman–Crippen MR) is 119 cm³/mol. The van der Waals surface area contributed by atoms with Crippen molar-refractivity contribution in [2.24, 2.45) is 0 Å². The molecule has 4 aromatic rings. The van der Waals surface area contributed by atoms with E-state index in [4.69, 9.17) is 4.98 Å². The molecule has 0 saturated carbocycles. The fourth-order valence-electron chi connectivity index (χ4n) is 4.36. The average molecular weight is 449 g/mol. The number of nitrogens with zero attached hydrogens (tertiary/aromatic N) is 4. The van der Waals surface area contributed by atoms with Crippen LogP contribution in [0.5, 0.6) is 0 Å². The average Bonchev–Trinajstić information content (AvgIpc) is 3.30. The van der Waals surface area contributed by atoms with Crippen LogP contribution in [0.25, 0.3) is 28.1 Å². The van der Waals surface area contributed by atoms with Crippen molar-refractivity contribution < 1.29 is 13.2 Å². The van der Waals surface area contributed by atoms with Crippen molar-refractivity contribution in [2.75, 3.05) is 19.6 Å². The number of halogens is 4. The van der Waals surface area contributed by atoms with Crippen LogP contribution in [0, 0.1) is 0 Å². The van der Waals surface area contributed by atoms with E-state index in [9.17, 15) is 13.2 Å². The third kappa shape index (κ3) is 4.16. The summed E-state index contributed by atoms with van der Waals surface area (Å²) in [6.07, 6.45) is 1.40. The molecule has 0 amide bonds. The molecule has 0 atom stereocenters. The predicted octanol–water partition coefficient (Wildman–Crippen LogP) is 5.88. The first-order valence-electron chi connectivity index (χ1n) is 10.4. The standard InChI is InChI=1S/C23H23F3N4.ClH/c24-23(25,26)18-10-8-17(9-11-18)19-16-30-21-7-3-2-6-20(21)29(22(30)27-19)15-14-28-12-4-1-5-13-28;/h2-3,6-11,16H,1,4-5,12-15H2;1H. The Labute approximate surface area is 184 Å². The van der Waals surface area contributed by atoms with Crippen LogP contribution in [0.1, 0.15) is 24.8 Å². The highest BCUT2D eigenvalue weighted by Gasteiger charge is 2.30.